The van der Waals surface area contributed by atoms with Crippen LogP contribution in [0.4, 0.5) is 0 Å². The lowest BCUT2D eigenvalue weighted by atomic mass is 10.2. The molecule has 5 nitrogen and oxygen atoms in total. The smallest absolute Gasteiger partial charge is 0.270 e. The maximum atomic E-state index is 12.2. The zero-order valence-corrected chi connectivity index (χ0v) is 10.5. The van der Waals surface area contributed by atoms with Gasteiger partial charge in [0.05, 0.1) is 0 Å². The van der Waals surface area contributed by atoms with Gasteiger partial charge in [-0.2, -0.15) is 0 Å². The Kier molecular flexibility index (Phi) is 3.41. The molecule has 94 valence electrons. The second-order valence-electron chi connectivity index (χ2n) is 3.88. The Hall–Kier alpha value is -2.17. The van der Waals surface area contributed by atoms with Crippen LogP contribution in [0.5, 0.6) is 0 Å². The van der Waals surface area contributed by atoms with E-state index >= 15 is 0 Å². The number of rotatable bonds is 3. The van der Waals surface area contributed by atoms with Gasteiger partial charge in [-0.25, -0.2) is 4.98 Å². The molecule has 18 heavy (non-hydrogen) atoms. The first-order valence-electron chi connectivity index (χ1n) is 5.94. The maximum Gasteiger partial charge on any atom is 0.270 e. The van der Waals surface area contributed by atoms with E-state index in [4.69, 9.17) is 0 Å². The molecular weight excluding hydrogens is 230 g/mol. The fraction of sp³-hybridized carbons (Fsp3) is 0.308. The average Bonchev–Trinajstić information content (AvgIpc) is 2.40. The first kappa shape index (κ1) is 12.3. The summed E-state index contributed by atoms with van der Waals surface area (Å²) in [5.74, 6) is -0.268. The molecule has 0 bridgehead atoms. The van der Waals surface area contributed by atoms with Crippen molar-refractivity contribution in [1.82, 2.24) is 14.3 Å². The van der Waals surface area contributed by atoms with Gasteiger partial charge in [0, 0.05) is 25.5 Å². The van der Waals surface area contributed by atoms with Gasteiger partial charge in [-0.05, 0) is 26.0 Å². The summed E-state index contributed by atoms with van der Waals surface area (Å²) in [5, 5.41) is 0. The largest absolute Gasteiger partial charge is 0.339 e. The summed E-state index contributed by atoms with van der Waals surface area (Å²) in [6.07, 6.45) is 2.97. The summed E-state index contributed by atoms with van der Waals surface area (Å²) >= 11 is 0. The van der Waals surface area contributed by atoms with Crippen LogP contribution in [0.2, 0.25) is 0 Å². The Bertz CT molecular complexity index is 629. The summed E-state index contributed by atoms with van der Waals surface area (Å²) < 4.78 is 1.39. The van der Waals surface area contributed by atoms with E-state index in [2.05, 4.69) is 4.98 Å². The second kappa shape index (κ2) is 5.00. The Morgan fingerprint density at radius 3 is 2.72 bits per heavy atom. The molecule has 0 saturated heterocycles. The highest BCUT2D eigenvalue weighted by atomic mass is 16.2. The molecule has 0 atom stereocenters. The van der Waals surface area contributed by atoms with Gasteiger partial charge in [0.15, 0.2) is 0 Å². The molecule has 2 aromatic heterocycles. The van der Waals surface area contributed by atoms with Crippen molar-refractivity contribution in [3.8, 4) is 0 Å². The summed E-state index contributed by atoms with van der Waals surface area (Å²) in [7, 11) is 0. The minimum atomic E-state index is -0.322. The SMILES string of the molecule is CCN(CC)C(=O)c1cnc2ccccn2c1=O. The quantitative estimate of drug-likeness (QED) is 0.815. The topological polar surface area (TPSA) is 54.7 Å². The van der Waals surface area contributed by atoms with Crippen LogP contribution in [0.25, 0.3) is 5.65 Å². The van der Waals surface area contributed by atoms with Crippen LogP contribution >= 0.6 is 0 Å². The molecule has 0 aliphatic rings. The lowest BCUT2D eigenvalue weighted by molar-refractivity contribution is 0.0770. The summed E-state index contributed by atoms with van der Waals surface area (Å²) in [6.45, 7) is 4.92. The van der Waals surface area contributed by atoms with Crippen LogP contribution in [-0.4, -0.2) is 33.3 Å². The third-order valence-corrected chi connectivity index (χ3v) is 2.89. The van der Waals surface area contributed by atoms with Gasteiger partial charge < -0.3 is 4.90 Å². The van der Waals surface area contributed by atoms with E-state index in [1.807, 2.05) is 13.8 Å². The van der Waals surface area contributed by atoms with E-state index in [9.17, 15) is 9.59 Å². The van der Waals surface area contributed by atoms with Crippen molar-refractivity contribution in [2.24, 2.45) is 0 Å². The molecule has 2 aromatic rings. The van der Waals surface area contributed by atoms with Crippen LogP contribution in [0.1, 0.15) is 24.2 Å². The van der Waals surface area contributed by atoms with Gasteiger partial charge in [0.25, 0.3) is 11.5 Å². The zero-order valence-electron chi connectivity index (χ0n) is 10.5. The molecule has 5 heteroatoms. The zero-order chi connectivity index (χ0) is 13.1. The molecule has 2 heterocycles. The van der Waals surface area contributed by atoms with Crippen molar-refractivity contribution in [3.05, 3.63) is 46.5 Å². The molecule has 2 rings (SSSR count). The third kappa shape index (κ3) is 1.99. The number of aromatic nitrogens is 2. The average molecular weight is 245 g/mol. The van der Waals surface area contributed by atoms with Crippen LogP contribution in [0, 0.1) is 0 Å². The molecule has 0 N–H and O–H groups in total. The summed E-state index contributed by atoms with van der Waals surface area (Å²) in [6, 6.07) is 5.27. The monoisotopic (exact) mass is 245 g/mol. The number of fused-ring (bicyclic) bond motifs is 1. The molecule has 0 unspecified atom stereocenters. The summed E-state index contributed by atoms with van der Waals surface area (Å²) in [5.41, 5.74) is 0.332. The first-order valence-corrected chi connectivity index (χ1v) is 5.94. The number of carbonyl (C=O) groups is 1. The predicted molar refractivity (Wildman–Crippen MR) is 68.7 cm³/mol. The molecular formula is C13H15N3O2. The van der Waals surface area contributed by atoms with Crippen molar-refractivity contribution in [2.45, 2.75) is 13.8 Å². The molecule has 0 spiro atoms. The number of hydrogen-bond acceptors (Lipinski definition) is 3. The number of pyridine rings is 1. The number of hydrogen-bond donors (Lipinski definition) is 0. The minimum Gasteiger partial charge on any atom is -0.339 e. The number of carbonyl (C=O) groups excluding carboxylic acids is 1. The molecule has 0 aliphatic carbocycles. The van der Waals surface area contributed by atoms with Gasteiger partial charge in [-0.15, -0.1) is 0 Å². The lowest BCUT2D eigenvalue weighted by Gasteiger charge is -2.18. The molecule has 0 radical (unpaired) electrons. The molecule has 1 amide bonds. The van der Waals surface area contributed by atoms with Crippen molar-refractivity contribution in [3.63, 3.8) is 0 Å². The van der Waals surface area contributed by atoms with E-state index < -0.39 is 0 Å². The summed E-state index contributed by atoms with van der Waals surface area (Å²) in [4.78, 5) is 30.1. The maximum absolute atomic E-state index is 12.2. The molecule has 0 fully saturated rings. The normalized spacial score (nSPS) is 10.6. The molecule has 0 aromatic carbocycles. The molecule has 0 aliphatic heterocycles. The Balaban J connectivity index is 2.56. The Labute approximate surface area is 105 Å². The van der Waals surface area contributed by atoms with Crippen molar-refractivity contribution >= 4 is 11.6 Å². The van der Waals surface area contributed by atoms with Crippen molar-refractivity contribution in [1.29, 1.82) is 0 Å². The number of amides is 1. The van der Waals surface area contributed by atoms with Gasteiger partial charge in [-0.3, -0.25) is 14.0 Å². The number of nitrogens with zero attached hydrogens (tertiary/aromatic N) is 3. The van der Waals surface area contributed by atoms with E-state index in [0.717, 1.165) is 0 Å². The highest BCUT2D eigenvalue weighted by Gasteiger charge is 2.17. The predicted octanol–water partition coefficient (Wildman–Crippen LogP) is 1.18. The van der Waals surface area contributed by atoms with Gasteiger partial charge in [-0.1, -0.05) is 6.07 Å². The van der Waals surface area contributed by atoms with Crippen molar-refractivity contribution < 1.29 is 4.79 Å². The Morgan fingerprint density at radius 2 is 2.06 bits per heavy atom. The van der Waals surface area contributed by atoms with Crippen molar-refractivity contribution in [2.75, 3.05) is 13.1 Å². The lowest BCUT2D eigenvalue weighted by Crippen LogP contribution is -2.35. The first-order chi connectivity index (χ1) is 8.69. The van der Waals surface area contributed by atoms with Crippen LogP contribution in [0.15, 0.2) is 35.4 Å². The Morgan fingerprint density at radius 1 is 1.33 bits per heavy atom. The van der Waals surface area contributed by atoms with Crippen LogP contribution in [-0.2, 0) is 0 Å². The van der Waals surface area contributed by atoms with E-state index in [1.54, 1.807) is 29.3 Å². The highest BCUT2D eigenvalue weighted by Crippen LogP contribution is 2.01. The van der Waals surface area contributed by atoms with E-state index in [1.165, 1.54) is 10.6 Å². The van der Waals surface area contributed by atoms with Gasteiger partial charge in [0.2, 0.25) is 0 Å². The van der Waals surface area contributed by atoms with Crippen LogP contribution in [0.3, 0.4) is 0 Å². The minimum absolute atomic E-state index is 0.113. The second-order valence-corrected chi connectivity index (χ2v) is 3.88. The van der Waals surface area contributed by atoms with E-state index in [0.29, 0.717) is 18.7 Å². The van der Waals surface area contributed by atoms with Gasteiger partial charge in [0.1, 0.15) is 11.2 Å². The highest BCUT2D eigenvalue weighted by molar-refractivity contribution is 5.93. The van der Waals surface area contributed by atoms with Crippen LogP contribution < -0.4 is 5.56 Å². The fourth-order valence-corrected chi connectivity index (χ4v) is 1.85. The standard InChI is InChI=1S/C13H15N3O2/c1-3-15(4-2)12(17)10-9-14-11-7-5-6-8-16(11)13(10)18/h5-9H,3-4H2,1-2H3. The molecule has 0 saturated carbocycles. The van der Waals surface area contributed by atoms with Gasteiger partial charge >= 0.3 is 0 Å². The van der Waals surface area contributed by atoms with E-state index in [-0.39, 0.29) is 17.0 Å². The fourth-order valence-electron chi connectivity index (χ4n) is 1.85. The third-order valence-electron chi connectivity index (χ3n) is 2.89.